The third-order valence-electron chi connectivity index (χ3n) is 5.10. The SMILES string of the molecule is N#Cc1ccc(CNS(=O)(=O)c2nnc(-c3ccc(OCCCN4C=CC=CC4)cc3)s2)cc1F. The Morgan fingerprint density at radius 1 is 1.17 bits per heavy atom. The van der Waals surface area contributed by atoms with Gasteiger partial charge in [0.15, 0.2) is 0 Å². The van der Waals surface area contributed by atoms with Gasteiger partial charge < -0.3 is 9.64 Å². The van der Waals surface area contributed by atoms with Gasteiger partial charge in [0.2, 0.25) is 4.34 Å². The maximum atomic E-state index is 13.7. The van der Waals surface area contributed by atoms with Crippen molar-refractivity contribution in [3.05, 3.63) is 83.8 Å². The van der Waals surface area contributed by atoms with Crippen molar-refractivity contribution in [2.45, 2.75) is 17.3 Å². The minimum Gasteiger partial charge on any atom is -0.494 e. The highest BCUT2D eigenvalue weighted by Gasteiger charge is 2.21. The first-order chi connectivity index (χ1) is 16.9. The van der Waals surface area contributed by atoms with Crippen LogP contribution in [0.4, 0.5) is 4.39 Å². The smallest absolute Gasteiger partial charge is 0.270 e. The van der Waals surface area contributed by atoms with Crippen molar-refractivity contribution in [1.82, 2.24) is 19.8 Å². The van der Waals surface area contributed by atoms with Crippen molar-refractivity contribution < 1.29 is 17.5 Å². The Bertz CT molecular complexity index is 1380. The summed E-state index contributed by atoms with van der Waals surface area (Å²) in [5.41, 5.74) is 1.000. The van der Waals surface area contributed by atoms with Gasteiger partial charge in [-0.1, -0.05) is 29.6 Å². The highest BCUT2D eigenvalue weighted by atomic mass is 32.2. The number of allylic oxidation sites excluding steroid dienone is 2. The molecule has 35 heavy (non-hydrogen) atoms. The van der Waals surface area contributed by atoms with Crippen molar-refractivity contribution in [1.29, 1.82) is 5.26 Å². The number of halogens is 1. The van der Waals surface area contributed by atoms with Gasteiger partial charge in [0.1, 0.15) is 22.6 Å². The number of nitriles is 1. The highest BCUT2D eigenvalue weighted by Crippen LogP contribution is 2.27. The molecule has 0 aliphatic carbocycles. The lowest BCUT2D eigenvalue weighted by molar-refractivity contribution is 0.283. The number of nitrogens with one attached hydrogen (secondary N) is 1. The Balaban J connectivity index is 1.30. The van der Waals surface area contributed by atoms with E-state index < -0.39 is 15.8 Å². The Kier molecular flexibility index (Phi) is 7.87. The number of hydrogen-bond acceptors (Lipinski definition) is 8. The monoisotopic (exact) mass is 511 g/mol. The summed E-state index contributed by atoms with van der Waals surface area (Å²) < 4.78 is 46.9. The van der Waals surface area contributed by atoms with Gasteiger partial charge in [0.05, 0.1) is 12.2 Å². The zero-order chi connectivity index (χ0) is 24.7. The van der Waals surface area contributed by atoms with E-state index in [1.807, 2.05) is 24.3 Å². The van der Waals surface area contributed by atoms with Crippen LogP contribution in [0.2, 0.25) is 0 Å². The molecule has 0 fully saturated rings. The third-order valence-corrected chi connectivity index (χ3v) is 7.84. The fourth-order valence-electron chi connectivity index (χ4n) is 3.26. The molecule has 0 saturated carbocycles. The molecule has 0 amide bonds. The second-order valence-corrected chi connectivity index (χ2v) is 10.5. The van der Waals surface area contributed by atoms with E-state index in [1.165, 1.54) is 12.1 Å². The molecular formula is C24H22FN5O3S2. The molecule has 1 N–H and O–H groups in total. The van der Waals surface area contributed by atoms with Gasteiger partial charge in [-0.15, -0.1) is 10.2 Å². The van der Waals surface area contributed by atoms with Crippen LogP contribution in [0.25, 0.3) is 10.6 Å². The van der Waals surface area contributed by atoms with E-state index in [0.29, 0.717) is 17.2 Å². The predicted octanol–water partition coefficient (Wildman–Crippen LogP) is 3.85. The number of nitrogens with zero attached hydrogens (tertiary/aromatic N) is 4. The lowest BCUT2D eigenvalue weighted by atomic mass is 10.1. The van der Waals surface area contributed by atoms with Crippen LogP contribution < -0.4 is 9.46 Å². The van der Waals surface area contributed by atoms with Gasteiger partial charge in [-0.2, -0.15) is 5.26 Å². The molecule has 0 spiro atoms. The van der Waals surface area contributed by atoms with Crippen molar-refractivity contribution >= 4 is 21.4 Å². The predicted molar refractivity (Wildman–Crippen MR) is 130 cm³/mol. The van der Waals surface area contributed by atoms with Crippen LogP contribution >= 0.6 is 11.3 Å². The van der Waals surface area contributed by atoms with E-state index in [-0.39, 0.29) is 16.4 Å². The molecule has 0 radical (unpaired) electrons. The average molecular weight is 512 g/mol. The molecular weight excluding hydrogens is 489 g/mol. The summed E-state index contributed by atoms with van der Waals surface area (Å²) in [7, 11) is -3.94. The van der Waals surface area contributed by atoms with E-state index >= 15 is 0 Å². The van der Waals surface area contributed by atoms with Crippen LogP contribution in [0.15, 0.2) is 71.2 Å². The van der Waals surface area contributed by atoms with Crippen molar-refractivity contribution in [3.63, 3.8) is 0 Å². The van der Waals surface area contributed by atoms with E-state index in [2.05, 4.69) is 32.1 Å². The molecule has 1 aliphatic heterocycles. The van der Waals surface area contributed by atoms with Gasteiger partial charge in [0.25, 0.3) is 10.0 Å². The summed E-state index contributed by atoms with van der Waals surface area (Å²) in [6.45, 7) is 2.27. The summed E-state index contributed by atoms with van der Waals surface area (Å²) in [6, 6.07) is 12.9. The molecule has 0 atom stereocenters. The quantitative estimate of drug-likeness (QED) is 0.412. The van der Waals surface area contributed by atoms with Gasteiger partial charge in [-0.3, -0.25) is 0 Å². The highest BCUT2D eigenvalue weighted by molar-refractivity contribution is 7.91. The Labute approximate surface area is 207 Å². The number of ether oxygens (including phenoxy) is 1. The standard InChI is InChI=1S/C24H22FN5O3S2/c25-22-15-18(5-6-20(22)16-26)17-27-35(31,32)24-29-28-23(34-24)19-7-9-21(10-8-19)33-14-4-13-30-11-2-1-3-12-30/h1-3,5-11,15,27H,4,12-14,17H2. The zero-order valence-corrected chi connectivity index (χ0v) is 20.2. The van der Waals surface area contributed by atoms with Gasteiger partial charge in [-0.05, 0) is 60.7 Å². The number of hydrogen-bond donors (Lipinski definition) is 1. The average Bonchev–Trinajstić information content (AvgIpc) is 3.38. The summed E-state index contributed by atoms with van der Waals surface area (Å²) in [4.78, 5) is 2.21. The zero-order valence-electron chi connectivity index (χ0n) is 18.6. The lowest BCUT2D eigenvalue weighted by Crippen LogP contribution is -2.23. The first-order valence-corrected chi connectivity index (χ1v) is 13.1. The molecule has 4 rings (SSSR count). The summed E-state index contributed by atoms with van der Waals surface area (Å²) in [6.07, 6.45) is 9.10. The fraction of sp³-hybridized carbons (Fsp3) is 0.208. The largest absolute Gasteiger partial charge is 0.494 e. The number of aromatic nitrogens is 2. The summed E-state index contributed by atoms with van der Waals surface area (Å²) >= 11 is 0.932. The number of sulfonamides is 1. The molecule has 11 heteroatoms. The molecule has 0 saturated heterocycles. The molecule has 180 valence electrons. The Hall–Kier alpha value is -3.59. The van der Waals surface area contributed by atoms with E-state index in [4.69, 9.17) is 10.00 Å². The van der Waals surface area contributed by atoms with Crippen LogP contribution in [0.1, 0.15) is 17.5 Å². The summed E-state index contributed by atoms with van der Waals surface area (Å²) in [5, 5.41) is 17.0. The van der Waals surface area contributed by atoms with E-state index in [0.717, 1.165) is 48.2 Å². The minimum atomic E-state index is -3.94. The fourth-order valence-corrected chi connectivity index (χ4v) is 5.32. The van der Waals surface area contributed by atoms with Crippen LogP contribution in [-0.2, 0) is 16.6 Å². The molecule has 1 aromatic heterocycles. The Morgan fingerprint density at radius 3 is 2.71 bits per heavy atom. The second-order valence-electron chi connectivity index (χ2n) is 7.61. The third kappa shape index (κ3) is 6.51. The van der Waals surface area contributed by atoms with E-state index in [9.17, 15) is 12.8 Å². The van der Waals surface area contributed by atoms with E-state index in [1.54, 1.807) is 18.2 Å². The summed E-state index contributed by atoms with van der Waals surface area (Å²) in [5.74, 6) is 0.0166. The number of rotatable bonds is 10. The van der Waals surface area contributed by atoms with Crippen molar-refractivity contribution in [2.75, 3.05) is 19.7 Å². The second kappa shape index (κ2) is 11.2. The van der Waals surface area contributed by atoms with Crippen molar-refractivity contribution in [3.8, 4) is 22.4 Å². The van der Waals surface area contributed by atoms with Gasteiger partial charge in [-0.25, -0.2) is 17.5 Å². The van der Waals surface area contributed by atoms with Crippen LogP contribution in [0.5, 0.6) is 5.75 Å². The molecule has 2 heterocycles. The van der Waals surface area contributed by atoms with Gasteiger partial charge in [0, 0.05) is 25.2 Å². The van der Waals surface area contributed by atoms with Crippen LogP contribution in [-0.4, -0.2) is 43.2 Å². The molecule has 2 aromatic carbocycles. The topological polar surface area (TPSA) is 108 Å². The van der Waals surface area contributed by atoms with Crippen LogP contribution in [0.3, 0.4) is 0 Å². The van der Waals surface area contributed by atoms with Gasteiger partial charge >= 0.3 is 0 Å². The Morgan fingerprint density at radius 2 is 2.00 bits per heavy atom. The molecule has 0 bridgehead atoms. The lowest BCUT2D eigenvalue weighted by Gasteiger charge is -2.20. The molecule has 1 aliphatic rings. The minimum absolute atomic E-state index is 0.102. The molecule has 3 aromatic rings. The molecule has 8 nitrogen and oxygen atoms in total. The molecule has 0 unspecified atom stereocenters. The van der Waals surface area contributed by atoms with Crippen molar-refractivity contribution in [2.24, 2.45) is 0 Å². The number of benzene rings is 2. The normalized spacial score (nSPS) is 13.1. The maximum absolute atomic E-state index is 13.7. The van der Waals surface area contributed by atoms with Crippen LogP contribution in [0, 0.1) is 17.1 Å². The first kappa shape index (κ1) is 24.5. The maximum Gasteiger partial charge on any atom is 0.270 e. The first-order valence-electron chi connectivity index (χ1n) is 10.8.